The molecule has 1 aliphatic rings. The molecule has 0 aromatic carbocycles. The van der Waals surface area contributed by atoms with Crippen LogP contribution in [0, 0.1) is 0 Å². The predicted molar refractivity (Wildman–Crippen MR) is 61.7 cm³/mol. The summed E-state index contributed by atoms with van der Waals surface area (Å²) in [6, 6.07) is 7.15. The van der Waals surface area contributed by atoms with Crippen LogP contribution in [-0.2, 0) is 0 Å². The third-order valence-corrected chi connectivity index (χ3v) is 3.17. The van der Waals surface area contributed by atoms with E-state index in [0.29, 0.717) is 12.1 Å². The standard InChI is InChI=1S/C12H19N3/c1-10-9-13-7-8-15(10)11(2)12-5-3-4-6-14-12/h3-6,10-11,13H,7-9H2,1-2H3/t10-,11-/m1/s1. The Hall–Kier alpha value is -0.930. The minimum atomic E-state index is 0.420. The maximum Gasteiger partial charge on any atom is 0.0572 e. The van der Waals surface area contributed by atoms with Crippen LogP contribution in [-0.4, -0.2) is 35.6 Å². The van der Waals surface area contributed by atoms with Crippen LogP contribution in [0.2, 0.25) is 0 Å². The maximum absolute atomic E-state index is 4.43. The number of nitrogens with one attached hydrogen (secondary N) is 1. The molecule has 2 atom stereocenters. The van der Waals surface area contributed by atoms with Crippen LogP contribution in [0.5, 0.6) is 0 Å². The van der Waals surface area contributed by atoms with Gasteiger partial charge in [0, 0.05) is 37.9 Å². The topological polar surface area (TPSA) is 28.2 Å². The minimum absolute atomic E-state index is 0.420. The second kappa shape index (κ2) is 4.73. The number of hydrogen-bond acceptors (Lipinski definition) is 3. The van der Waals surface area contributed by atoms with Crippen LogP contribution in [0.25, 0.3) is 0 Å². The zero-order chi connectivity index (χ0) is 10.7. The summed E-state index contributed by atoms with van der Waals surface area (Å²) in [7, 11) is 0. The van der Waals surface area contributed by atoms with Crippen LogP contribution in [0.15, 0.2) is 24.4 Å². The summed E-state index contributed by atoms with van der Waals surface area (Å²) < 4.78 is 0. The third-order valence-electron chi connectivity index (χ3n) is 3.17. The van der Waals surface area contributed by atoms with Crippen molar-refractivity contribution in [3.05, 3.63) is 30.1 Å². The van der Waals surface area contributed by atoms with Gasteiger partial charge in [0.05, 0.1) is 5.69 Å². The van der Waals surface area contributed by atoms with E-state index in [0.717, 1.165) is 19.6 Å². The molecule has 0 spiro atoms. The highest BCUT2D eigenvalue weighted by atomic mass is 15.2. The summed E-state index contributed by atoms with van der Waals surface area (Å²) in [6.07, 6.45) is 1.87. The van der Waals surface area contributed by atoms with Gasteiger partial charge in [-0.15, -0.1) is 0 Å². The largest absolute Gasteiger partial charge is 0.314 e. The first-order valence-electron chi connectivity index (χ1n) is 5.66. The molecule has 1 aromatic rings. The molecule has 82 valence electrons. The first-order valence-corrected chi connectivity index (χ1v) is 5.66. The van der Waals surface area contributed by atoms with E-state index in [1.54, 1.807) is 0 Å². The molecule has 1 aliphatic heterocycles. The second-order valence-electron chi connectivity index (χ2n) is 4.22. The Morgan fingerprint density at radius 2 is 2.40 bits per heavy atom. The van der Waals surface area contributed by atoms with Gasteiger partial charge in [0.15, 0.2) is 0 Å². The van der Waals surface area contributed by atoms with Gasteiger partial charge in [-0.05, 0) is 26.0 Å². The number of rotatable bonds is 2. The van der Waals surface area contributed by atoms with Crippen molar-refractivity contribution < 1.29 is 0 Å². The third kappa shape index (κ3) is 2.36. The number of hydrogen-bond donors (Lipinski definition) is 1. The van der Waals surface area contributed by atoms with Gasteiger partial charge in [-0.2, -0.15) is 0 Å². The van der Waals surface area contributed by atoms with E-state index in [4.69, 9.17) is 0 Å². The van der Waals surface area contributed by atoms with E-state index < -0.39 is 0 Å². The van der Waals surface area contributed by atoms with Crippen molar-refractivity contribution >= 4 is 0 Å². The van der Waals surface area contributed by atoms with E-state index in [2.05, 4.69) is 41.2 Å². The van der Waals surface area contributed by atoms with E-state index in [1.807, 2.05) is 12.3 Å². The van der Waals surface area contributed by atoms with E-state index in [-0.39, 0.29) is 0 Å². The van der Waals surface area contributed by atoms with Crippen molar-refractivity contribution in [3.8, 4) is 0 Å². The fourth-order valence-corrected chi connectivity index (χ4v) is 2.23. The Bertz CT molecular complexity index is 299. The molecular weight excluding hydrogens is 186 g/mol. The summed E-state index contributed by atoms with van der Waals surface area (Å²) in [5, 5.41) is 3.41. The molecule has 0 aliphatic carbocycles. The van der Waals surface area contributed by atoms with Gasteiger partial charge in [0.25, 0.3) is 0 Å². The molecule has 1 fully saturated rings. The highest BCUT2D eigenvalue weighted by Crippen LogP contribution is 2.20. The van der Waals surface area contributed by atoms with Gasteiger partial charge in [0.1, 0.15) is 0 Å². The summed E-state index contributed by atoms with van der Waals surface area (Å²) in [5.41, 5.74) is 1.17. The van der Waals surface area contributed by atoms with Crippen LogP contribution in [0.3, 0.4) is 0 Å². The van der Waals surface area contributed by atoms with Crippen molar-refractivity contribution in [3.63, 3.8) is 0 Å². The van der Waals surface area contributed by atoms with E-state index in [1.165, 1.54) is 5.69 Å². The second-order valence-corrected chi connectivity index (χ2v) is 4.22. The molecule has 3 nitrogen and oxygen atoms in total. The Kier molecular flexibility index (Phi) is 3.34. The first-order chi connectivity index (χ1) is 7.29. The predicted octanol–water partition coefficient (Wildman–Crippen LogP) is 1.44. The Morgan fingerprint density at radius 1 is 1.53 bits per heavy atom. The van der Waals surface area contributed by atoms with Gasteiger partial charge >= 0.3 is 0 Å². The summed E-state index contributed by atoms with van der Waals surface area (Å²) in [6.45, 7) is 7.79. The fourth-order valence-electron chi connectivity index (χ4n) is 2.23. The van der Waals surface area contributed by atoms with Gasteiger partial charge in [-0.25, -0.2) is 0 Å². The summed E-state index contributed by atoms with van der Waals surface area (Å²) in [4.78, 5) is 6.94. The zero-order valence-electron chi connectivity index (χ0n) is 9.48. The van der Waals surface area contributed by atoms with Crippen LogP contribution < -0.4 is 5.32 Å². The number of pyridine rings is 1. The van der Waals surface area contributed by atoms with Crippen molar-refractivity contribution in [2.45, 2.75) is 25.9 Å². The zero-order valence-corrected chi connectivity index (χ0v) is 9.48. The Labute approximate surface area is 91.5 Å². The van der Waals surface area contributed by atoms with Gasteiger partial charge in [0.2, 0.25) is 0 Å². The molecule has 1 aromatic heterocycles. The van der Waals surface area contributed by atoms with E-state index in [9.17, 15) is 0 Å². The minimum Gasteiger partial charge on any atom is -0.314 e. The molecule has 1 N–H and O–H groups in total. The molecular formula is C12H19N3. The Balaban J connectivity index is 2.09. The highest BCUT2D eigenvalue weighted by Gasteiger charge is 2.24. The highest BCUT2D eigenvalue weighted by molar-refractivity contribution is 5.08. The number of aromatic nitrogens is 1. The molecule has 1 saturated heterocycles. The normalized spacial score (nSPS) is 25.1. The van der Waals surface area contributed by atoms with Gasteiger partial charge in [-0.3, -0.25) is 9.88 Å². The smallest absolute Gasteiger partial charge is 0.0572 e. The lowest BCUT2D eigenvalue weighted by Gasteiger charge is -2.38. The molecule has 0 amide bonds. The van der Waals surface area contributed by atoms with Crippen LogP contribution >= 0.6 is 0 Å². The monoisotopic (exact) mass is 205 g/mol. The molecule has 0 bridgehead atoms. The lowest BCUT2D eigenvalue weighted by molar-refractivity contribution is 0.123. The maximum atomic E-state index is 4.43. The SMILES string of the molecule is C[C@@H]1CNCCN1[C@H](C)c1ccccn1. The number of piperazine rings is 1. The molecule has 15 heavy (non-hydrogen) atoms. The summed E-state index contributed by atoms with van der Waals surface area (Å²) >= 11 is 0. The van der Waals surface area contributed by atoms with Gasteiger partial charge in [-0.1, -0.05) is 6.07 Å². The van der Waals surface area contributed by atoms with Crippen molar-refractivity contribution in [2.75, 3.05) is 19.6 Å². The average molecular weight is 205 g/mol. The van der Waals surface area contributed by atoms with Crippen molar-refractivity contribution in [2.24, 2.45) is 0 Å². The molecule has 0 radical (unpaired) electrons. The first kappa shape index (κ1) is 10.6. The lowest BCUT2D eigenvalue weighted by atomic mass is 10.1. The van der Waals surface area contributed by atoms with Crippen molar-refractivity contribution in [1.82, 2.24) is 15.2 Å². The van der Waals surface area contributed by atoms with Crippen LogP contribution in [0.4, 0.5) is 0 Å². The van der Waals surface area contributed by atoms with E-state index >= 15 is 0 Å². The Morgan fingerprint density at radius 3 is 3.07 bits per heavy atom. The average Bonchev–Trinajstić information content (AvgIpc) is 2.30. The molecule has 2 heterocycles. The lowest BCUT2D eigenvalue weighted by Crippen LogP contribution is -2.50. The molecule has 0 saturated carbocycles. The quantitative estimate of drug-likeness (QED) is 0.792. The number of nitrogens with zero attached hydrogens (tertiary/aromatic N) is 2. The molecule has 2 rings (SSSR count). The fraction of sp³-hybridized carbons (Fsp3) is 0.583. The van der Waals surface area contributed by atoms with Gasteiger partial charge < -0.3 is 5.32 Å². The van der Waals surface area contributed by atoms with Crippen molar-refractivity contribution in [1.29, 1.82) is 0 Å². The molecule has 0 unspecified atom stereocenters. The molecule has 3 heteroatoms. The summed E-state index contributed by atoms with van der Waals surface area (Å²) in [5.74, 6) is 0. The van der Waals surface area contributed by atoms with Crippen LogP contribution in [0.1, 0.15) is 25.6 Å².